The first-order valence-corrected chi connectivity index (χ1v) is 10.9. The quantitative estimate of drug-likeness (QED) is 0.532. The van der Waals surface area contributed by atoms with Crippen molar-refractivity contribution in [1.82, 2.24) is 20.0 Å². The number of carbonyl (C=O) groups excluding carboxylic acids is 1. The molecule has 30 heavy (non-hydrogen) atoms. The number of ether oxygens (including phenoxy) is 2. The van der Waals surface area contributed by atoms with Crippen molar-refractivity contribution in [2.24, 2.45) is 4.99 Å². The van der Waals surface area contributed by atoms with Gasteiger partial charge in [-0.15, -0.1) is 0 Å². The SMILES string of the molecule is CN=C(NCC(C)Oc1ccc(Cl)cc1)N1CCN(CC(=O)N2CCOCC2)CC1. The fraction of sp³-hybridized carbons (Fsp3) is 0.619. The summed E-state index contributed by atoms with van der Waals surface area (Å²) in [4.78, 5) is 23.2. The molecule has 0 saturated carbocycles. The zero-order valence-electron chi connectivity index (χ0n) is 17.8. The van der Waals surface area contributed by atoms with Gasteiger partial charge in [0.05, 0.1) is 26.3 Å². The maximum Gasteiger partial charge on any atom is 0.236 e. The Morgan fingerprint density at radius 3 is 2.43 bits per heavy atom. The highest BCUT2D eigenvalue weighted by Crippen LogP contribution is 2.16. The van der Waals surface area contributed by atoms with Gasteiger partial charge in [-0.3, -0.25) is 14.7 Å². The topological polar surface area (TPSA) is 69.6 Å². The van der Waals surface area contributed by atoms with Crippen molar-refractivity contribution in [1.29, 1.82) is 0 Å². The lowest BCUT2D eigenvalue weighted by Gasteiger charge is -2.37. The average Bonchev–Trinajstić information content (AvgIpc) is 2.77. The Labute approximate surface area is 183 Å². The van der Waals surface area contributed by atoms with Crippen LogP contribution in [0.2, 0.25) is 5.02 Å². The van der Waals surface area contributed by atoms with Gasteiger partial charge in [-0.2, -0.15) is 0 Å². The number of nitrogens with one attached hydrogen (secondary N) is 1. The van der Waals surface area contributed by atoms with Crippen LogP contribution in [-0.2, 0) is 9.53 Å². The van der Waals surface area contributed by atoms with Crippen LogP contribution in [0.4, 0.5) is 0 Å². The van der Waals surface area contributed by atoms with Crippen LogP contribution in [0.15, 0.2) is 29.3 Å². The van der Waals surface area contributed by atoms with E-state index in [2.05, 4.69) is 20.1 Å². The van der Waals surface area contributed by atoms with Crippen LogP contribution in [-0.4, -0.2) is 105 Å². The number of halogens is 1. The molecule has 3 rings (SSSR count). The van der Waals surface area contributed by atoms with Gasteiger partial charge in [-0.1, -0.05) is 11.6 Å². The molecule has 2 saturated heterocycles. The van der Waals surface area contributed by atoms with Gasteiger partial charge < -0.3 is 24.6 Å². The lowest BCUT2D eigenvalue weighted by molar-refractivity contribution is -0.136. The predicted molar refractivity (Wildman–Crippen MR) is 118 cm³/mol. The first-order chi connectivity index (χ1) is 14.5. The Morgan fingerprint density at radius 1 is 1.13 bits per heavy atom. The summed E-state index contributed by atoms with van der Waals surface area (Å²) in [5, 5.41) is 4.09. The fourth-order valence-corrected chi connectivity index (χ4v) is 3.70. The molecule has 1 atom stereocenters. The third kappa shape index (κ3) is 6.75. The largest absolute Gasteiger partial charge is 0.489 e. The molecule has 1 unspecified atom stereocenters. The number of guanidine groups is 1. The highest BCUT2D eigenvalue weighted by molar-refractivity contribution is 6.30. The second kappa shape index (κ2) is 11.4. The third-order valence-corrected chi connectivity index (χ3v) is 5.56. The molecular formula is C21H32ClN5O3. The highest BCUT2D eigenvalue weighted by Gasteiger charge is 2.24. The van der Waals surface area contributed by atoms with Gasteiger partial charge in [-0.25, -0.2) is 0 Å². The zero-order chi connectivity index (χ0) is 21.3. The summed E-state index contributed by atoms with van der Waals surface area (Å²) >= 11 is 5.91. The van der Waals surface area contributed by atoms with Gasteiger partial charge in [-0.05, 0) is 31.2 Å². The number of benzene rings is 1. The van der Waals surface area contributed by atoms with E-state index in [-0.39, 0.29) is 12.0 Å². The van der Waals surface area contributed by atoms with Crippen molar-refractivity contribution >= 4 is 23.5 Å². The molecule has 0 bridgehead atoms. The standard InChI is InChI=1S/C21H32ClN5O3/c1-17(30-19-5-3-18(22)4-6-19)15-24-21(23-2)27-9-7-25(8-10-27)16-20(28)26-11-13-29-14-12-26/h3-6,17H,7-16H2,1-2H3,(H,23,24). The minimum absolute atomic E-state index is 0.0182. The molecule has 8 nitrogen and oxygen atoms in total. The number of piperazine rings is 1. The molecular weight excluding hydrogens is 406 g/mol. The third-order valence-electron chi connectivity index (χ3n) is 5.30. The van der Waals surface area contributed by atoms with Gasteiger partial charge in [0, 0.05) is 51.3 Å². The minimum atomic E-state index is -0.0182. The monoisotopic (exact) mass is 437 g/mol. The molecule has 0 aliphatic carbocycles. The molecule has 166 valence electrons. The van der Waals surface area contributed by atoms with Crippen molar-refractivity contribution in [2.75, 3.05) is 72.6 Å². The van der Waals surface area contributed by atoms with Crippen molar-refractivity contribution in [3.05, 3.63) is 29.3 Å². The van der Waals surface area contributed by atoms with E-state index in [1.54, 1.807) is 7.05 Å². The summed E-state index contributed by atoms with van der Waals surface area (Å²) in [5.41, 5.74) is 0. The Kier molecular flexibility index (Phi) is 8.60. The van der Waals surface area contributed by atoms with Crippen LogP contribution in [0.5, 0.6) is 5.75 Å². The Balaban J connectivity index is 1.38. The number of morpholine rings is 1. The molecule has 1 aromatic rings. The van der Waals surface area contributed by atoms with Crippen molar-refractivity contribution in [3.63, 3.8) is 0 Å². The van der Waals surface area contributed by atoms with E-state index in [1.165, 1.54) is 0 Å². The normalized spacial score (nSPS) is 19.5. The molecule has 2 heterocycles. The summed E-state index contributed by atoms with van der Waals surface area (Å²) < 4.78 is 11.2. The van der Waals surface area contributed by atoms with Crippen LogP contribution in [0.1, 0.15) is 6.92 Å². The van der Waals surface area contributed by atoms with Gasteiger partial charge in [0.15, 0.2) is 5.96 Å². The molecule has 1 amide bonds. The highest BCUT2D eigenvalue weighted by atomic mass is 35.5. The summed E-state index contributed by atoms with van der Waals surface area (Å²) in [5.74, 6) is 1.85. The molecule has 0 aromatic heterocycles. The maximum absolute atomic E-state index is 12.4. The minimum Gasteiger partial charge on any atom is -0.489 e. The number of carbonyl (C=O) groups is 1. The van der Waals surface area contributed by atoms with E-state index in [0.717, 1.165) is 37.9 Å². The summed E-state index contributed by atoms with van der Waals surface area (Å²) in [6.45, 7) is 9.17. The fourth-order valence-electron chi connectivity index (χ4n) is 3.58. The predicted octanol–water partition coefficient (Wildman–Crippen LogP) is 1.16. The number of hydrogen-bond acceptors (Lipinski definition) is 5. The zero-order valence-corrected chi connectivity index (χ0v) is 18.6. The summed E-state index contributed by atoms with van der Waals surface area (Å²) in [6.07, 6.45) is -0.0182. The van der Waals surface area contributed by atoms with E-state index < -0.39 is 0 Å². The lowest BCUT2D eigenvalue weighted by atomic mass is 10.3. The molecule has 2 fully saturated rings. The molecule has 2 aliphatic rings. The second-order valence-electron chi connectivity index (χ2n) is 7.57. The van der Waals surface area contributed by atoms with Crippen LogP contribution < -0.4 is 10.1 Å². The number of rotatable bonds is 6. The van der Waals surface area contributed by atoms with Crippen LogP contribution in [0, 0.1) is 0 Å². The number of nitrogens with zero attached hydrogens (tertiary/aromatic N) is 4. The van der Waals surface area contributed by atoms with Crippen molar-refractivity contribution in [2.45, 2.75) is 13.0 Å². The smallest absolute Gasteiger partial charge is 0.236 e. The molecule has 0 spiro atoms. The number of amides is 1. The molecule has 2 aliphatic heterocycles. The van der Waals surface area contributed by atoms with E-state index in [9.17, 15) is 4.79 Å². The van der Waals surface area contributed by atoms with Gasteiger partial charge in [0.1, 0.15) is 11.9 Å². The van der Waals surface area contributed by atoms with Gasteiger partial charge >= 0.3 is 0 Å². The molecule has 1 aromatic carbocycles. The Hall–Kier alpha value is -2.03. The van der Waals surface area contributed by atoms with Gasteiger partial charge in [0.25, 0.3) is 0 Å². The average molecular weight is 438 g/mol. The van der Waals surface area contributed by atoms with Crippen molar-refractivity contribution in [3.8, 4) is 5.75 Å². The molecule has 0 radical (unpaired) electrons. The number of aliphatic imine (C=N–C) groups is 1. The van der Waals surface area contributed by atoms with E-state index in [0.29, 0.717) is 44.4 Å². The Bertz CT molecular complexity index is 701. The lowest BCUT2D eigenvalue weighted by Crippen LogP contribution is -2.55. The van der Waals surface area contributed by atoms with Gasteiger partial charge in [0.2, 0.25) is 5.91 Å². The van der Waals surface area contributed by atoms with Crippen molar-refractivity contribution < 1.29 is 14.3 Å². The first-order valence-electron chi connectivity index (χ1n) is 10.5. The van der Waals surface area contributed by atoms with Crippen LogP contribution >= 0.6 is 11.6 Å². The van der Waals surface area contributed by atoms with E-state index >= 15 is 0 Å². The van der Waals surface area contributed by atoms with E-state index in [4.69, 9.17) is 21.1 Å². The van der Waals surface area contributed by atoms with Crippen LogP contribution in [0.3, 0.4) is 0 Å². The van der Waals surface area contributed by atoms with E-state index in [1.807, 2.05) is 36.1 Å². The summed E-state index contributed by atoms with van der Waals surface area (Å²) in [7, 11) is 1.79. The number of hydrogen-bond donors (Lipinski definition) is 1. The maximum atomic E-state index is 12.4. The molecule has 1 N–H and O–H groups in total. The first kappa shape index (κ1) is 22.7. The second-order valence-corrected chi connectivity index (χ2v) is 8.00. The molecule has 9 heteroatoms. The summed E-state index contributed by atoms with van der Waals surface area (Å²) in [6, 6.07) is 7.37. The van der Waals surface area contributed by atoms with Crippen LogP contribution in [0.25, 0.3) is 0 Å². The Morgan fingerprint density at radius 2 is 1.80 bits per heavy atom.